The molecule has 0 aliphatic heterocycles. The number of ketones is 1. The van der Waals surface area contributed by atoms with E-state index in [9.17, 15) is 4.79 Å². The van der Waals surface area contributed by atoms with Crippen LogP contribution in [0.4, 0.5) is 0 Å². The molecule has 124 valence electrons. The van der Waals surface area contributed by atoms with Crippen LogP contribution in [0.2, 0.25) is 0 Å². The van der Waals surface area contributed by atoms with Gasteiger partial charge in [0.05, 0.1) is 0 Å². The standard InChI is InChI=1S/C6H15N.C5H10O2.C5H12O/c1-6(2)4-5-7-3;1-4(2)5(7)3-6;1-5(2)3-4-6/h6-7H,4-5H2,1-3H3;4,6H,3H2,1-2H3;5-6H,3-4H2,1-2H3. The van der Waals surface area contributed by atoms with Crippen molar-refractivity contribution in [3.05, 3.63) is 0 Å². The molecule has 0 aliphatic rings. The number of rotatable bonds is 7. The maximum atomic E-state index is 10.3. The van der Waals surface area contributed by atoms with E-state index in [1.54, 1.807) is 13.8 Å². The fraction of sp³-hybridized carbons (Fsp3) is 0.938. The van der Waals surface area contributed by atoms with E-state index in [-0.39, 0.29) is 18.3 Å². The summed E-state index contributed by atoms with van der Waals surface area (Å²) in [4.78, 5) is 10.3. The molecule has 0 heterocycles. The van der Waals surface area contributed by atoms with Gasteiger partial charge >= 0.3 is 0 Å². The van der Waals surface area contributed by atoms with Crippen molar-refractivity contribution < 1.29 is 15.0 Å². The normalized spacial score (nSPS) is 10.0. The van der Waals surface area contributed by atoms with E-state index >= 15 is 0 Å². The summed E-state index contributed by atoms with van der Waals surface area (Å²) >= 11 is 0. The average molecular weight is 291 g/mol. The highest BCUT2D eigenvalue weighted by Gasteiger charge is 2.02. The molecule has 0 fully saturated rings. The van der Waals surface area contributed by atoms with Gasteiger partial charge < -0.3 is 15.5 Å². The molecule has 0 aromatic carbocycles. The third-order valence-electron chi connectivity index (χ3n) is 2.48. The van der Waals surface area contributed by atoms with Crippen molar-refractivity contribution in [1.29, 1.82) is 0 Å². The van der Waals surface area contributed by atoms with Crippen molar-refractivity contribution in [1.82, 2.24) is 5.32 Å². The first-order valence-electron chi connectivity index (χ1n) is 7.61. The molecule has 0 aromatic rings. The molecule has 0 rings (SSSR count). The summed E-state index contributed by atoms with van der Waals surface area (Å²) in [6.07, 6.45) is 2.22. The van der Waals surface area contributed by atoms with E-state index in [1.165, 1.54) is 6.42 Å². The molecule has 0 aliphatic carbocycles. The lowest BCUT2D eigenvalue weighted by atomic mass is 10.1. The molecule has 0 radical (unpaired) electrons. The fourth-order valence-electron chi connectivity index (χ4n) is 0.874. The summed E-state index contributed by atoms with van der Waals surface area (Å²) in [7, 11) is 1.99. The predicted octanol–water partition coefficient (Wildman–Crippen LogP) is 2.48. The van der Waals surface area contributed by atoms with Gasteiger partial charge in [-0.05, 0) is 38.3 Å². The third kappa shape index (κ3) is 30.5. The largest absolute Gasteiger partial charge is 0.396 e. The Morgan fingerprint density at radius 2 is 1.40 bits per heavy atom. The number of nitrogens with one attached hydrogen (secondary N) is 1. The SMILES string of the molecule is CC(C)C(=O)CO.CC(C)CCO.CNCCC(C)C. The predicted molar refractivity (Wildman–Crippen MR) is 86.9 cm³/mol. The van der Waals surface area contributed by atoms with Crippen LogP contribution in [0.3, 0.4) is 0 Å². The second kappa shape index (κ2) is 18.6. The van der Waals surface area contributed by atoms with E-state index in [0.717, 1.165) is 18.9 Å². The number of aliphatic hydroxyl groups is 2. The summed E-state index contributed by atoms with van der Waals surface area (Å²) in [6.45, 7) is 13.3. The molecule has 0 spiro atoms. The molecule has 3 N–H and O–H groups in total. The van der Waals surface area contributed by atoms with Crippen LogP contribution in [0.15, 0.2) is 0 Å². The smallest absolute Gasteiger partial charge is 0.160 e. The van der Waals surface area contributed by atoms with E-state index in [0.29, 0.717) is 12.5 Å². The highest BCUT2D eigenvalue weighted by atomic mass is 16.3. The molecule has 4 nitrogen and oxygen atoms in total. The van der Waals surface area contributed by atoms with Gasteiger partial charge in [-0.1, -0.05) is 41.5 Å². The van der Waals surface area contributed by atoms with Crippen LogP contribution in [0.25, 0.3) is 0 Å². The Morgan fingerprint density at radius 3 is 1.45 bits per heavy atom. The van der Waals surface area contributed by atoms with Gasteiger partial charge in [-0.25, -0.2) is 0 Å². The van der Waals surface area contributed by atoms with Crippen LogP contribution < -0.4 is 5.32 Å². The van der Waals surface area contributed by atoms with Gasteiger partial charge in [0.1, 0.15) is 6.61 Å². The number of carbonyl (C=O) groups is 1. The van der Waals surface area contributed by atoms with Gasteiger partial charge in [-0.3, -0.25) is 4.79 Å². The van der Waals surface area contributed by atoms with E-state index < -0.39 is 0 Å². The number of aliphatic hydroxyl groups excluding tert-OH is 2. The summed E-state index contributed by atoms with van der Waals surface area (Å²) in [5.41, 5.74) is 0. The van der Waals surface area contributed by atoms with Crippen molar-refractivity contribution in [3.8, 4) is 0 Å². The van der Waals surface area contributed by atoms with Gasteiger partial charge in [0.15, 0.2) is 5.78 Å². The molecule has 0 saturated heterocycles. The highest BCUT2D eigenvalue weighted by Crippen LogP contribution is 1.95. The van der Waals surface area contributed by atoms with E-state index in [4.69, 9.17) is 10.2 Å². The first-order valence-corrected chi connectivity index (χ1v) is 7.61. The zero-order valence-electron chi connectivity index (χ0n) is 14.6. The van der Waals surface area contributed by atoms with Crippen molar-refractivity contribution in [2.75, 3.05) is 26.8 Å². The van der Waals surface area contributed by atoms with Crippen LogP contribution in [0.5, 0.6) is 0 Å². The Bertz CT molecular complexity index is 192. The van der Waals surface area contributed by atoms with Crippen LogP contribution >= 0.6 is 0 Å². The van der Waals surface area contributed by atoms with Crippen molar-refractivity contribution in [2.45, 2.75) is 54.4 Å². The molecule has 0 atom stereocenters. The Balaban J connectivity index is -0.000000218. The van der Waals surface area contributed by atoms with Crippen LogP contribution in [-0.2, 0) is 4.79 Å². The Morgan fingerprint density at radius 1 is 0.950 bits per heavy atom. The van der Waals surface area contributed by atoms with Gasteiger partial charge in [-0.2, -0.15) is 0 Å². The second-order valence-corrected chi connectivity index (χ2v) is 5.97. The lowest BCUT2D eigenvalue weighted by molar-refractivity contribution is -0.124. The minimum Gasteiger partial charge on any atom is -0.396 e. The fourth-order valence-corrected chi connectivity index (χ4v) is 0.874. The topological polar surface area (TPSA) is 69.6 Å². The lowest BCUT2D eigenvalue weighted by Gasteiger charge is -2.00. The number of hydrogen-bond acceptors (Lipinski definition) is 4. The van der Waals surface area contributed by atoms with Gasteiger partial charge in [0, 0.05) is 12.5 Å². The zero-order chi connectivity index (χ0) is 16.6. The Hall–Kier alpha value is -0.450. The van der Waals surface area contributed by atoms with Gasteiger partial charge in [0.25, 0.3) is 0 Å². The molecular formula is C16H37NO3. The van der Waals surface area contributed by atoms with Crippen LogP contribution in [-0.4, -0.2) is 42.8 Å². The minimum absolute atomic E-state index is 0.0231. The zero-order valence-corrected chi connectivity index (χ0v) is 14.6. The molecule has 20 heavy (non-hydrogen) atoms. The molecule has 0 saturated carbocycles. The summed E-state index contributed by atoms with van der Waals surface area (Å²) < 4.78 is 0. The average Bonchev–Trinajstić information content (AvgIpc) is 2.36. The number of Topliss-reactive ketones (excluding diaryl/α,β-unsaturated/α-hetero) is 1. The second-order valence-electron chi connectivity index (χ2n) is 5.97. The maximum Gasteiger partial charge on any atom is 0.160 e. The Kier molecular flexibility index (Phi) is 22.8. The van der Waals surface area contributed by atoms with Crippen LogP contribution in [0.1, 0.15) is 54.4 Å². The minimum atomic E-state index is -0.322. The number of hydrogen-bond donors (Lipinski definition) is 3. The van der Waals surface area contributed by atoms with Crippen molar-refractivity contribution >= 4 is 5.78 Å². The molecular weight excluding hydrogens is 254 g/mol. The molecule has 0 unspecified atom stereocenters. The molecule has 4 heteroatoms. The quantitative estimate of drug-likeness (QED) is 0.674. The maximum absolute atomic E-state index is 10.3. The summed E-state index contributed by atoms with van der Waals surface area (Å²) in [5.74, 6) is 1.37. The van der Waals surface area contributed by atoms with Gasteiger partial charge in [0.2, 0.25) is 0 Å². The molecule has 0 aromatic heterocycles. The van der Waals surface area contributed by atoms with E-state index in [2.05, 4.69) is 33.0 Å². The van der Waals surface area contributed by atoms with Crippen LogP contribution in [0, 0.1) is 17.8 Å². The first-order chi connectivity index (χ1) is 9.22. The Labute approximate surface area is 126 Å². The first kappa shape index (κ1) is 24.6. The summed E-state index contributed by atoms with van der Waals surface area (Å²) in [5, 5.41) is 19.5. The molecule has 0 amide bonds. The highest BCUT2D eigenvalue weighted by molar-refractivity contribution is 5.81. The molecule has 0 bridgehead atoms. The van der Waals surface area contributed by atoms with Crippen molar-refractivity contribution in [3.63, 3.8) is 0 Å². The number of carbonyl (C=O) groups excluding carboxylic acids is 1. The summed E-state index contributed by atoms with van der Waals surface area (Å²) in [6, 6.07) is 0. The monoisotopic (exact) mass is 291 g/mol. The third-order valence-corrected chi connectivity index (χ3v) is 2.48. The van der Waals surface area contributed by atoms with Gasteiger partial charge in [-0.15, -0.1) is 0 Å². The van der Waals surface area contributed by atoms with Crippen molar-refractivity contribution in [2.24, 2.45) is 17.8 Å². The van der Waals surface area contributed by atoms with E-state index in [1.807, 2.05) is 7.05 Å². The lowest BCUT2D eigenvalue weighted by Crippen LogP contribution is -2.10.